The highest BCUT2D eigenvalue weighted by atomic mass is 32.1. The minimum atomic E-state index is -0.727. The molecule has 2 atom stereocenters. The summed E-state index contributed by atoms with van der Waals surface area (Å²) in [5, 5.41) is 20.4. The van der Waals surface area contributed by atoms with Crippen molar-refractivity contribution < 1.29 is 14.9 Å². The monoisotopic (exact) mass is 357 g/mol. The van der Waals surface area contributed by atoms with Gasteiger partial charge in [-0.25, -0.2) is 9.97 Å². The van der Waals surface area contributed by atoms with Gasteiger partial charge in [0.2, 0.25) is 0 Å². The standard InChI is InChI=1S/C18H19N3O3S/c1-24-12-3-4-13-16(8-12)25-18(20-13)11-2-5-17(19-9-11)21-7-6-14(22)15(23)10-21/h2-5,8-9,14-15,22-23H,6-7,10H2,1H3/t14-,15+/m1/s1. The maximum Gasteiger partial charge on any atom is 0.128 e. The van der Waals surface area contributed by atoms with Crippen LogP contribution in [0.4, 0.5) is 5.82 Å². The van der Waals surface area contributed by atoms with E-state index in [-0.39, 0.29) is 0 Å². The van der Waals surface area contributed by atoms with Gasteiger partial charge in [0.1, 0.15) is 16.6 Å². The zero-order valence-corrected chi connectivity index (χ0v) is 14.6. The summed E-state index contributed by atoms with van der Waals surface area (Å²) < 4.78 is 6.33. The lowest BCUT2D eigenvalue weighted by Gasteiger charge is -2.34. The maximum atomic E-state index is 9.83. The minimum absolute atomic E-state index is 0.397. The van der Waals surface area contributed by atoms with Gasteiger partial charge in [-0.2, -0.15) is 0 Å². The number of methoxy groups -OCH3 is 1. The quantitative estimate of drug-likeness (QED) is 0.749. The van der Waals surface area contributed by atoms with E-state index in [1.54, 1.807) is 18.4 Å². The number of pyridine rings is 1. The Balaban J connectivity index is 1.57. The predicted molar refractivity (Wildman–Crippen MR) is 98.2 cm³/mol. The minimum Gasteiger partial charge on any atom is -0.497 e. The van der Waals surface area contributed by atoms with Gasteiger partial charge in [-0.05, 0) is 36.8 Å². The molecule has 2 aromatic heterocycles. The number of anilines is 1. The number of piperidine rings is 1. The molecule has 7 heteroatoms. The Morgan fingerprint density at radius 1 is 1.20 bits per heavy atom. The van der Waals surface area contributed by atoms with E-state index in [1.165, 1.54) is 0 Å². The molecule has 4 rings (SSSR count). The lowest BCUT2D eigenvalue weighted by atomic mass is 10.1. The topological polar surface area (TPSA) is 78.7 Å². The van der Waals surface area contributed by atoms with Crippen molar-refractivity contribution in [1.82, 2.24) is 9.97 Å². The van der Waals surface area contributed by atoms with Crippen molar-refractivity contribution in [3.8, 4) is 16.3 Å². The Bertz CT molecular complexity index is 881. The highest BCUT2D eigenvalue weighted by molar-refractivity contribution is 7.21. The number of fused-ring (bicyclic) bond motifs is 1. The number of hydrogen-bond acceptors (Lipinski definition) is 7. The van der Waals surface area contributed by atoms with Gasteiger partial charge >= 0.3 is 0 Å². The van der Waals surface area contributed by atoms with Crippen molar-refractivity contribution in [1.29, 1.82) is 0 Å². The Morgan fingerprint density at radius 2 is 2.08 bits per heavy atom. The molecule has 0 unspecified atom stereocenters. The summed E-state index contributed by atoms with van der Waals surface area (Å²) in [6, 6.07) is 9.78. The molecule has 1 saturated heterocycles. The molecule has 6 nitrogen and oxygen atoms in total. The van der Waals surface area contributed by atoms with E-state index in [2.05, 4.69) is 9.97 Å². The van der Waals surface area contributed by atoms with Crippen LogP contribution in [0.3, 0.4) is 0 Å². The lowest BCUT2D eigenvalue weighted by Crippen LogP contribution is -2.46. The van der Waals surface area contributed by atoms with Crippen LogP contribution in [0, 0.1) is 0 Å². The van der Waals surface area contributed by atoms with E-state index in [1.807, 2.05) is 41.4 Å². The Morgan fingerprint density at radius 3 is 2.80 bits per heavy atom. The van der Waals surface area contributed by atoms with Crippen molar-refractivity contribution in [3.05, 3.63) is 36.5 Å². The SMILES string of the molecule is COc1ccc2nc(-c3ccc(N4CC[C@@H](O)[C@@H](O)C4)nc3)sc2c1. The number of thiazole rings is 1. The fraction of sp³-hybridized carbons (Fsp3) is 0.333. The van der Waals surface area contributed by atoms with Gasteiger partial charge in [-0.3, -0.25) is 0 Å². The second kappa shape index (κ2) is 6.59. The first-order chi connectivity index (χ1) is 12.1. The van der Waals surface area contributed by atoms with Crippen LogP contribution in [-0.4, -0.2) is 52.6 Å². The first-order valence-electron chi connectivity index (χ1n) is 8.16. The third kappa shape index (κ3) is 3.18. The van der Waals surface area contributed by atoms with Crippen LogP contribution in [-0.2, 0) is 0 Å². The number of ether oxygens (including phenoxy) is 1. The second-order valence-electron chi connectivity index (χ2n) is 6.13. The summed E-state index contributed by atoms with van der Waals surface area (Å²) in [7, 11) is 1.66. The molecule has 0 saturated carbocycles. The smallest absolute Gasteiger partial charge is 0.128 e. The van der Waals surface area contributed by atoms with Gasteiger partial charge in [0, 0.05) is 24.8 Å². The molecular weight excluding hydrogens is 338 g/mol. The molecule has 0 radical (unpaired) electrons. The number of nitrogens with zero attached hydrogens (tertiary/aromatic N) is 3. The van der Waals surface area contributed by atoms with Gasteiger partial charge in [0.15, 0.2) is 0 Å². The molecule has 3 aromatic rings. The third-order valence-electron chi connectivity index (χ3n) is 4.46. The number of rotatable bonds is 3. The lowest BCUT2D eigenvalue weighted by molar-refractivity contribution is 0.00786. The average molecular weight is 357 g/mol. The van der Waals surface area contributed by atoms with Gasteiger partial charge < -0.3 is 19.8 Å². The second-order valence-corrected chi connectivity index (χ2v) is 7.16. The van der Waals surface area contributed by atoms with Gasteiger partial charge in [0.25, 0.3) is 0 Å². The van der Waals surface area contributed by atoms with E-state index in [0.29, 0.717) is 19.5 Å². The summed E-state index contributed by atoms with van der Waals surface area (Å²) in [5.41, 5.74) is 1.90. The first-order valence-corrected chi connectivity index (χ1v) is 8.98. The zero-order valence-electron chi connectivity index (χ0n) is 13.8. The molecule has 1 aliphatic heterocycles. The van der Waals surface area contributed by atoms with Crippen molar-refractivity contribution in [2.75, 3.05) is 25.1 Å². The molecule has 2 N–H and O–H groups in total. The van der Waals surface area contributed by atoms with Crippen LogP contribution in [0.15, 0.2) is 36.5 Å². The van der Waals surface area contributed by atoms with Crippen molar-refractivity contribution in [3.63, 3.8) is 0 Å². The number of aromatic nitrogens is 2. The van der Waals surface area contributed by atoms with E-state index in [9.17, 15) is 10.2 Å². The molecule has 25 heavy (non-hydrogen) atoms. The van der Waals surface area contributed by atoms with Gasteiger partial charge in [0.05, 0.1) is 29.5 Å². The number of aliphatic hydroxyl groups excluding tert-OH is 2. The molecule has 1 aliphatic rings. The maximum absolute atomic E-state index is 9.83. The fourth-order valence-corrected chi connectivity index (χ4v) is 3.97. The molecule has 0 aliphatic carbocycles. The third-order valence-corrected chi connectivity index (χ3v) is 5.53. The van der Waals surface area contributed by atoms with E-state index < -0.39 is 12.2 Å². The summed E-state index contributed by atoms with van der Waals surface area (Å²) in [5.74, 6) is 1.62. The zero-order chi connectivity index (χ0) is 17.4. The summed E-state index contributed by atoms with van der Waals surface area (Å²) in [6.07, 6.45) is 0.983. The van der Waals surface area contributed by atoms with Crippen molar-refractivity contribution in [2.24, 2.45) is 0 Å². The highest BCUT2D eigenvalue weighted by Crippen LogP contribution is 2.32. The van der Waals surface area contributed by atoms with Crippen LogP contribution in [0.1, 0.15) is 6.42 Å². The first kappa shape index (κ1) is 16.3. The van der Waals surface area contributed by atoms with E-state index in [0.717, 1.165) is 32.4 Å². The fourth-order valence-electron chi connectivity index (χ4n) is 2.98. The summed E-state index contributed by atoms with van der Waals surface area (Å²) in [6.45, 7) is 1.08. The molecule has 130 valence electrons. The number of aliphatic hydroxyl groups is 2. The van der Waals surface area contributed by atoms with Crippen molar-refractivity contribution in [2.45, 2.75) is 18.6 Å². The predicted octanol–water partition coefficient (Wildman–Crippen LogP) is 2.30. The molecule has 0 amide bonds. The van der Waals surface area contributed by atoms with Crippen molar-refractivity contribution >= 4 is 27.4 Å². The largest absolute Gasteiger partial charge is 0.497 e. The number of β-amino-alcohol motifs (C(OH)–C–C–N with tert-alkyl or cyclic N) is 1. The van der Waals surface area contributed by atoms with Crippen LogP contribution in [0.25, 0.3) is 20.8 Å². The molecule has 3 heterocycles. The Kier molecular flexibility index (Phi) is 4.29. The number of hydrogen-bond donors (Lipinski definition) is 2. The normalized spacial score (nSPS) is 20.8. The molecular formula is C18H19N3O3S. The van der Waals surface area contributed by atoms with Crippen LogP contribution < -0.4 is 9.64 Å². The summed E-state index contributed by atoms with van der Waals surface area (Å²) in [4.78, 5) is 11.2. The molecule has 0 bridgehead atoms. The molecule has 0 spiro atoms. The number of benzene rings is 1. The van der Waals surface area contributed by atoms with Crippen LogP contribution in [0.2, 0.25) is 0 Å². The van der Waals surface area contributed by atoms with E-state index >= 15 is 0 Å². The Labute approximate surface area is 149 Å². The van der Waals surface area contributed by atoms with E-state index in [4.69, 9.17) is 4.74 Å². The average Bonchev–Trinajstić information content (AvgIpc) is 3.07. The van der Waals surface area contributed by atoms with Gasteiger partial charge in [-0.1, -0.05) is 0 Å². The Hall–Kier alpha value is -2.22. The van der Waals surface area contributed by atoms with Gasteiger partial charge in [-0.15, -0.1) is 11.3 Å². The summed E-state index contributed by atoms with van der Waals surface area (Å²) >= 11 is 1.60. The highest BCUT2D eigenvalue weighted by Gasteiger charge is 2.26. The van der Waals surface area contributed by atoms with Crippen LogP contribution >= 0.6 is 11.3 Å². The molecule has 1 aromatic carbocycles. The van der Waals surface area contributed by atoms with Crippen LogP contribution in [0.5, 0.6) is 5.75 Å². The molecule has 1 fully saturated rings.